The predicted octanol–water partition coefficient (Wildman–Crippen LogP) is 5.40. The molecule has 4 aliphatic carbocycles. The Bertz CT molecular complexity index is 1420. The number of rotatable bonds is 8. The van der Waals surface area contributed by atoms with Gasteiger partial charge in [-0.15, -0.1) is 0 Å². The first-order valence-corrected chi connectivity index (χ1v) is 17.2. The van der Waals surface area contributed by atoms with Gasteiger partial charge in [-0.1, -0.05) is 51.0 Å². The Morgan fingerprint density at radius 2 is 1.80 bits per heavy atom. The summed E-state index contributed by atoms with van der Waals surface area (Å²) in [4.78, 5) is 53.6. The molecule has 2 bridgehead atoms. The summed E-state index contributed by atoms with van der Waals surface area (Å²) in [5.41, 5.74) is 2.93. The van der Waals surface area contributed by atoms with Gasteiger partial charge >= 0.3 is 23.9 Å². The summed E-state index contributed by atoms with van der Waals surface area (Å²) < 4.78 is 25.0. The number of carbonyl (C=O) groups is 4. The molecule has 2 aliphatic heterocycles. The van der Waals surface area contributed by atoms with E-state index in [1.807, 2.05) is 27.7 Å². The molecule has 0 aromatic rings. The predicted molar refractivity (Wildman–Crippen MR) is 168 cm³/mol. The molecule has 0 aromatic heterocycles. The van der Waals surface area contributed by atoms with Crippen molar-refractivity contribution in [2.45, 2.75) is 118 Å². The van der Waals surface area contributed by atoms with Crippen LogP contribution < -0.4 is 0 Å². The SMILES string of the molecule is C=C1C(=O)O[C@@H]2C[C@@H](C)[C@]34C[C@]5(C(=O)O[C@H]6CC(C)=C([C@H](C)CCCO)[C@H](OC(=O)C(C)CC)[C@H]65)[C@@H](C(C)=C3C[C@@H]12)[C@H]4OC(C)=O. The highest BCUT2D eigenvalue weighted by Gasteiger charge is 2.80. The van der Waals surface area contributed by atoms with Crippen molar-refractivity contribution in [2.75, 3.05) is 6.61 Å². The van der Waals surface area contributed by atoms with E-state index in [1.165, 1.54) is 6.92 Å². The second-order valence-corrected chi connectivity index (χ2v) is 15.2. The number of hydrogen-bond donors (Lipinski definition) is 1. The Balaban J connectivity index is 1.52. The maximum Gasteiger partial charge on any atom is 0.334 e. The van der Waals surface area contributed by atoms with E-state index in [0.29, 0.717) is 50.5 Å². The lowest BCUT2D eigenvalue weighted by molar-refractivity contribution is -0.160. The zero-order chi connectivity index (χ0) is 33.5. The summed E-state index contributed by atoms with van der Waals surface area (Å²) in [6.07, 6.45) is 1.93. The summed E-state index contributed by atoms with van der Waals surface area (Å²) in [5.74, 6) is -2.86. The smallest absolute Gasteiger partial charge is 0.334 e. The lowest BCUT2D eigenvalue weighted by atomic mass is 9.55. The van der Waals surface area contributed by atoms with E-state index in [4.69, 9.17) is 18.9 Å². The molecule has 6 aliphatic rings. The van der Waals surface area contributed by atoms with E-state index in [0.717, 1.165) is 22.3 Å². The highest BCUT2D eigenvalue weighted by molar-refractivity contribution is 5.91. The van der Waals surface area contributed by atoms with Crippen LogP contribution in [0.4, 0.5) is 0 Å². The van der Waals surface area contributed by atoms with Gasteiger partial charge < -0.3 is 24.1 Å². The second-order valence-electron chi connectivity index (χ2n) is 15.2. The van der Waals surface area contributed by atoms with Gasteiger partial charge in [-0.3, -0.25) is 14.4 Å². The van der Waals surface area contributed by atoms with Crippen molar-refractivity contribution >= 4 is 23.9 Å². The van der Waals surface area contributed by atoms with Crippen LogP contribution in [0.5, 0.6) is 0 Å². The fraction of sp³-hybridized carbons (Fsp3) is 0.730. The highest BCUT2D eigenvalue weighted by Crippen LogP contribution is 2.76. The first-order chi connectivity index (χ1) is 21.7. The normalized spacial score (nSPS) is 40.7. The molecule has 4 fully saturated rings. The number of hydrogen-bond acceptors (Lipinski definition) is 9. The minimum absolute atomic E-state index is 0.0145. The molecule has 6 rings (SSSR count). The molecular weight excluding hydrogens is 588 g/mol. The van der Waals surface area contributed by atoms with Crippen LogP contribution in [0, 0.1) is 46.3 Å². The third-order valence-electron chi connectivity index (χ3n) is 12.9. The van der Waals surface area contributed by atoms with Gasteiger partial charge in [0.2, 0.25) is 0 Å². The van der Waals surface area contributed by atoms with Crippen molar-refractivity contribution in [1.29, 1.82) is 0 Å². The number of aliphatic hydroxyl groups excluding tert-OH is 1. The lowest BCUT2D eigenvalue weighted by Crippen LogP contribution is -2.51. The third kappa shape index (κ3) is 4.50. The van der Waals surface area contributed by atoms with Crippen LogP contribution >= 0.6 is 0 Å². The summed E-state index contributed by atoms with van der Waals surface area (Å²) in [6.45, 7) is 17.7. The van der Waals surface area contributed by atoms with Gasteiger partial charge in [-0.05, 0) is 69.8 Å². The molecule has 9 heteroatoms. The van der Waals surface area contributed by atoms with Crippen molar-refractivity contribution < 1.29 is 43.2 Å². The summed E-state index contributed by atoms with van der Waals surface area (Å²) in [6, 6.07) is 0. The van der Waals surface area contributed by atoms with Crippen LogP contribution in [-0.2, 0) is 38.1 Å². The number of carbonyl (C=O) groups excluding carboxylic acids is 4. The van der Waals surface area contributed by atoms with Gasteiger partial charge in [0, 0.05) is 42.8 Å². The Hall–Kier alpha value is -2.94. The Kier molecular flexibility index (Phi) is 8.34. The minimum atomic E-state index is -1.08. The van der Waals surface area contributed by atoms with Gasteiger partial charge in [0.1, 0.15) is 24.4 Å². The Morgan fingerprint density at radius 3 is 2.46 bits per heavy atom. The first-order valence-electron chi connectivity index (χ1n) is 17.2. The van der Waals surface area contributed by atoms with Crippen molar-refractivity contribution in [2.24, 2.45) is 46.3 Å². The Labute approximate surface area is 272 Å². The molecule has 0 radical (unpaired) electrons. The zero-order valence-corrected chi connectivity index (χ0v) is 28.4. The first kappa shape index (κ1) is 33.0. The molecule has 0 amide bonds. The topological polar surface area (TPSA) is 125 Å². The van der Waals surface area contributed by atoms with E-state index in [9.17, 15) is 24.3 Å². The molecule has 0 aromatic carbocycles. The number of aliphatic hydroxyl groups is 1. The Morgan fingerprint density at radius 1 is 1.09 bits per heavy atom. The van der Waals surface area contributed by atoms with Gasteiger partial charge in [0.25, 0.3) is 0 Å². The third-order valence-corrected chi connectivity index (χ3v) is 12.9. The number of fused-ring (bicyclic) bond motifs is 5. The van der Waals surface area contributed by atoms with Crippen LogP contribution in [0.25, 0.3) is 0 Å². The number of esters is 4. The van der Waals surface area contributed by atoms with Crippen LogP contribution in [0.15, 0.2) is 34.4 Å². The number of ether oxygens (including phenoxy) is 4. The molecule has 46 heavy (non-hydrogen) atoms. The van der Waals surface area contributed by atoms with Crippen LogP contribution in [0.3, 0.4) is 0 Å². The molecule has 1 N–H and O–H groups in total. The van der Waals surface area contributed by atoms with Gasteiger partial charge in [-0.2, -0.15) is 0 Å². The molecule has 9 nitrogen and oxygen atoms in total. The molecular formula is C37H50O9. The van der Waals surface area contributed by atoms with Crippen molar-refractivity contribution in [3.05, 3.63) is 34.4 Å². The van der Waals surface area contributed by atoms with Crippen molar-refractivity contribution in [3.63, 3.8) is 0 Å². The maximum atomic E-state index is 14.6. The fourth-order valence-corrected chi connectivity index (χ4v) is 10.7. The quantitative estimate of drug-likeness (QED) is 0.161. The van der Waals surface area contributed by atoms with Crippen LogP contribution in [-0.4, -0.2) is 60.0 Å². The maximum absolute atomic E-state index is 14.6. The summed E-state index contributed by atoms with van der Waals surface area (Å²) in [5, 5.41) is 9.65. The van der Waals surface area contributed by atoms with E-state index >= 15 is 0 Å². The summed E-state index contributed by atoms with van der Waals surface area (Å²) in [7, 11) is 0. The standard InChI is InChI=1S/C37H50O9/c1-9-17(2)33(40)46-31-28(18(3)11-10-12-38)19(4)13-27-30(31)37(35(42)45-27)16-36-20(5)14-26-24(21(6)34(41)44-26)15-25(36)22(7)29(37)32(36)43-23(8)39/h17-18,20,24,26-27,29-32,38H,6,9-16H2,1-5,7-8H3/t17?,18-,20-,24+,26-,27+,29+,30+,31+,32-,36-,37+/m1/s1. The van der Waals surface area contributed by atoms with E-state index in [1.54, 1.807) is 0 Å². The molecule has 2 spiro atoms. The summed E-state index contributed by atoms with van der Waals surface area (Å²) >= 11 is 0. The molecule has 2 saturated heterocycles. The van der Waals surface area contributed by atoms with E-state index in [-0.39, 0.29) is 54.3 Å². The molecule has 1 unspecified atom stereocenters. The van der Waals surface area contributed by atoms with Crippen LogP contribution in [0.1, 0.15) is 93.4 Å². The highest BCUT2D eigenvalue weighted by atomic mass is 16.6. The minimum Gasteiger partial charge on any atom is -0.461 e. The van der Waals surface area contributed by atoms with E-state index in [2.05, 4.69) is 20.4 Å². The average Bonchev–Trinajstić information content (AvgIpc) is 3.58. The largest absolute Gasteiger partial charge is 0.461 e. The van der Waals surface area contributed by atoms with Crippen molar-refractivity contribution in [1.82, 2.24) is 0 Å². The molecule has 2 heterocycles. The molecule has 252 valence electrons. The monoisotopic (exact) mass is 638 g/mol. The van der Waals surface area contributed by atoms with Gasteiger partial charge in [0.15, 0.2) is 0 Å². The van der Waals surface area contributed by atoms with Gasteiger partial charge in [-0.25, -0.2) is 4.79 Å². The van der Waals surface area contributed by atoms with E-state index < -0.39 is 46.9 Å². The second kappa shape index (κ2) is 11.6. The van der Waals surface area contributed by atoms with Crippen LogP contribution in [0.2, 0.25) is 0 Å². The molecule has 12 atom stereocenters. The lowest BCUT2D eigenvalue weighted by Gasteiger charge is -2.46. The molecule has 2 saturated carbocycles. The van der Waals surface area contributed by atoms with Crippen molar-refractivity contribution in [3.8, 4) is 0 Å². The zero-order valence-electron chi connectivity index (χ0n) is 28.4. The van der Waals surface area contributed by atoms with Gasteiger partial charge in [0.05, 0.1) is 17.3 Å². The average molecular weight is 639 g/mol. The fourth-order valence-electron chi connectivity index (χ4n) is 10.7.